The van der Waals surface area contributed by atoms with Gasteiger partial charge in [0.05, 0.1) is 12.6 Å². The molecule has 1 saturated carbocycles. The molecule has 2 unspecified atom stereocenters. The summed E-state index contributed by atoms with van der Waals surface area (Å²) in [6.45, 7) is 1.36. The van der Waals surface area contributed by atoms with Crippen LogP contribution in [0, 0.1) is 0 Å². The summed E-state index contributed by atoms with van der Waals surface area (Å²) < 4.78 is 5.28. The van der Waals surface area contributed by atoms with Crippen LogP contribution >= 0.6 is 0 Å². The molecule has 2 amide bonds. The monoisotopic (exact) mass is 331 g/mol. The van der Waals surface area contributed by atoms with Crippen LogP contribution in [0.15, 0.2) is 24.3 Å². The maximum absolute atomic E-state index is 12.3. The van der Waals surface area contributed by atoms with Crippen LogP contribution in [0.4, 0.5) is 0 Å². The molecule has 6 heteroatoms. The molecule has 1 heterocycles. The lowest BCUT2D eigenvalue weighted by molar-refractivity contribution is -0.126. The van der Waals surface area contributed by atoms with Gasteiger partial charge in [-0.2, -0.15) is 0 Å². The van der Waals surface area contributed by atoms with Crippen molar-refractivity contribution in [2.45, 2.75) is 36.8 Å². The van der Waals surface area contributed by atoms with Crippen molar-refractivity contribution in [3.8, 4) is 0 Å². The number of nitrogens with one attached hydrogen (secondary N) is 1. The fourth-order valence-corrected chi connectivity index (χ4v) is 3.46. The van der Waals surface area contributed by atoms with Crippen molar-refractivity contribution < 1.29 is 14.3 Å². The summed E-state index contributed by atoms with van der Waals surface area (Å²) in [7, 11) is 4.18. The van der Waals surface area contributed by atoms with Crippen molar-refractivity contribution in [2.24, 2.45) is 5.73 Å². The summed E-state index contributed by atoms with van der Waals surface area (Å²) >= 11 is 0. The molecule has 3 rings (SSSR count). The zero-order valence-electron chi connectivity index (χ0n) is 14.2. The van der Waals surface area contributed by atoms with Crippen LogP contribution in [0.5, 0.6) is 0 Å². The van der Waals surface area contributed by atoms with E-state index in [1.165, 1.54) is 18.4 Å². The van der Waals surface area contributed by atoms with Gasteiger partial charge in [0.1, 0.15) is 6.10 Å². The summed E-state index contributed by atoms with van der Waals surface area (Å²) in [6, 6.07) is 7.70. The predicted octanol–water partition coefficient (Wildman–Crippen LogP) is 0.652. The molecule has 1 saturated heterocycles. The Morgan fingerprint density at radius 1 is 1.29 bits per heavy atom. The maximum Gasteiger partial charge on any atom is 0.251 e. The molecular weight excluding hydrogens is 306 g/mol. The van der Waals surface area contributed by atoms with Gasteiger partial charge in [0.15, 0.2) is 0 Å². The van der Waals surface area contributed by atoms with Crippen LogP contribution in [-0.2, 0) is 14.9 Å². The average molecular weight is 331 g/mol. The standard InChI is InChI=1S/C18H25N3O3/c1-21(2)11-18(7-8-18)13-5-3-12(4-6-13)17(23)20-14-9-15(16(19)22)24-10-14/h3-6,14-15H,7-11H2,1-2H3,(H2,19,22)(H,20,23). The van der Waals surface area contributed by atoms with Gasteiger partial charge in [0.2, 0.25) is 5.91 Å². The highest BCUT2D eigenvalue weighted by molar-refractivity contribution is 5.94. The van der Waals surface area contributed by atoms with E-state index in [4.69, 9.17) is 10.5 Å². The Morgan fingerprint density at radius 2 is 1.96 bits per heavy atom. The Balaban J connectivity index is 1.60. The van der Waals surface area contributed by atoms with Crippen LogP contribution in [0.2, 0.25) is 0 Å². The minimum Gasteiger partial charge on any atom is -0.367 e. The van der Waals surface area contributed by atoms with Gasteiger partial charge in [-0.15, -0.1) is 0 Å². The molecule has 2 aliphatic rings. The quantitative estimate of drug-likeness (QED) is 0.802. The molecule has 1 aromatic carbocycles. The summed E-state index contributed by atoms with van der Waals surface area (Å²) in [5.74, 6) is -0.621. The third-order valence-corrected chi connectivity index (χ3v) is 4.88. The minimum absolute atomic E-state index is 0.141. The first-order valence-corrected chi connectivity index (χ1v) is 8.37. The van der Waals surface area contributed by atoms with Gasteiger partial charge in [-0.1, -0.05) is 12.1 Å². The van der Waals surface area contributed by atoms with E-state index in [-0.39, 0.29) is 17.4 Å². The van der Waals surface area contributed by atoms with Gasteiger partial charge >= 0.3 is 0 Å². The van der Waals surface area contributed by atoms with E-state index < -0.39 is 12.0 Å². The van der Waals surface area contributed by atoms with Crippen LogP contribution in [0.25, 0.3) is 0 Å². The summed E-state index contributed by atoms with van der Waals surface area (Å²) in [6.07, 6.45) is 2.24. The molecule has 1 aliphatic carbocycles. The van der Waals surface area contributed by atoms with Crippen molar-refractivity contribution in [3.63, 3.8) is 0 Å². The van der Waals surface area contributed by atoms with Crippen LogP contribution < -0.4 is 11.1 Å². The summed E-state index contributed by atoms with van der Waals surface area (Å²) in [5.41, 5.74) is 7.40. The Morgan fingerprint density at radius 3 is 2.46 bits per heavy atom. The highest BCUT2D eigenvalue weighted by Crippen LogP contribution is 2.48. The van der Waals surface area contributed by atoms with Crippen LogP contribution in [0.3, 0.4) is 0 Å². The number of primary amides is 1. The lowest BCUT2D eigenvalue weighted by Crippen LogP contribution is -2.36. The molecule has 0 spiro atoms. The zero-order chi connectivity index (χ0) is 17.3. The van der Waals surface area contributed by atoms with E-state index in [1.54, 1.807) is 0 Å². The Hall–Kier alpha value is -1.92. The van der Waals surface area contributed by atoms with Crippen LogP contribution in [0.1, 0.15) is 35.2 Å². The van der Waals surface area contributed by atoms with Gasteiger partial charge < -0.3 is 20.7 Å². The molecule has 0 aromatic heterocycles. The molecule has 6 nitrogen and oxygen atoms in total. The summed E-state index contributed by atoms with van der Waals surface area (Å²) in [4.78, 5) is 25.6. The fourth-order valence-electron chi connectivity index (χ4n) is 3.46. The minimum atomic E-state index is -0.599. The lowest BCUT2D eigenvalue weighted by atomic mass is 9.94. The third-order valence-electron chi connectivity index (χ3n) is 4.88. The van der Waals surface area contributed by atoms with Crippen molar-refractivity contribution in [1.29, 1.82) is 0 Å². The number of carbonyl (C=O) groups is 2. The highest BCUT2D eigenvalue weighted by Gasteiger charge is 2.44. The number of nitrogens with two attached hydrogens (primary N) is 1. The first-order chi connectivity index (χ1) is 11.4. The number of carbonyl (C=O) groups excluding carboxylic acids is 2. The highest BCUT2D eigenvalue weighted by atomic mass is 16.5. The van der Waals surface area contributed by atoms with E-state index in [0.29, 0.717) is 18.6 Å². The smallest absolute Gasteiger partial charge is 0.251 e. The molecule has 0 radical (unpaired) electrons. The largest absolute Gasteiger partial charge is 0.367 e. The Bertz CT molecular complexity index is 623. The second-order valence-electron chi connectivity index (χ2n) is 7.23. The van der Waals surface area contributed by atoms with Crippen molar-refractivity contribution in [1.82, 2.24) is 10.2 Å². The molecular formula is C18H25N3O3. The molecule has 0 bridgehead atoms. The topological polar surface area (TPSA) is 84.7 Å². The number of amides is 2. The fraction of sp³-hybridized carbons (Fsp3) is 0.556. The van der Waals surface area contributed by atoms with Gasteiger partial charge in [-0.25, -0.2) is 0 Å². The second kappa shape index (κ2) is 6.53. The number of hydrogen-bond acceptors (Lipinski definition) is 4. The van der Waals surface area contributed by atoms with E-state index >= 15 is 0 Å². The SMILES string of the molecule is CN(C)CC1(c2ccc(C(=O)NC3COC(C(N)=O)C3)cc2)CC1. The lowest BCUT2D eigenvalue weighted by Gasteiger charge is -2.21. The average Bonchev–Trinajstić information content (AvgIpc) is 3.15. The summed E-state index contributed by atoms with van der Waals surface area (Å²) in [5, 5.41) is 2.91. The van der Waals surface area contributed by atoms with E-state index in [1.807, 2.05) is 12.1 Å². The molecule has 1 aliphatic heterocycles. The second-order valence-corrected chi connectivity index (χ2v) is 7.23. The van der Waals surface area contributed by atoms with Crippen molar-refractivity contribution >= 4 is 11.8 Å². The Kier molecular flexibility index (Phi) is 4.60. The molecule has 24 heavy (non-hydrogen) atoms. The van der Waals surface area contributed by atoms with Crippen molar-refractivity contribution in [2.75, 3.05) is 27.2 Å². The number of nitrogens with zero attached hydrogens (tertiary/aromatic N) is 1. The molecule has 130 valence electrons. The number of hydrogen-bond donors (Lipinski definition) is 2. The molecule has 3 N–H and O–H groups in total. The van der Waals surface area contributed by atoms with Gasteiger partial charge in [0.25, 0.3) is 5.91 Å². The normalized spacial score (nSPS) is 24.8. The van der Waals surface area contributed by atoms with E-state index in [2.05, 4.69) is 36.4 Å². The van der Waals surface area contributed by atoms with Gasteiger partial charge in [0, 0.05) is 23.9 Å². The first-order valence-electron chi connectivity index (χ1n) is 8.37. The Labute approximate surface area is 142 Å². The number of ether oxygens (including phenoxy) is 1. The van der Waals surface area contributed by atoms with Gasteiger partial charge in [-0.3, -0.25) is 9.59 Å². The number of likely N-dealkylation sites (N-methyl/N-ethyl adjacent to an activating group) is 1. The molecule has 1 aromatic rings. The molecule has 2 atom stereocenters. The zero-order valence-corrected chi connectivity index (χ0v) is 14.2. The number of benzene rings is 1. The molecule has 2 fully saturated rings. The van der Waals surface area contributed by atoms with Crippen LogP contribution in [-0.4, -0.2) is 56.1 Å². The van der Waals surface area contributed by atoms with Crippen molar-refractivity contribution in [3.05, 3.63) is 35.4 Å². The first kappa shape index (κ1) is 16.9. The number of rotatable bonds is 6. The predicted molar refractivity (Wildman–Crippen MR) is 90.7 cm³/mol. The third kappa shape index (κ3) is 3.60. The van der Waals surface area contributed by atoms with E-state index in [0.717, 1.165) is 6.54 Å². The van der Waals surface area contributed by atoms with Gasteiger partial charge in [-0.05, 0) is 44.6 Å². The maximum atomic E-state index is 12.3. The van der Waals surface area contributed by atoms with E-state index in [9.17, 15) is 9.59 Å².